The monoisotopic (exact) mass is 197 g/mol. The lowest BCUT2D eigenvalue weighted by atomic mass is 9.70. The van der Waals surface area contributed by atoms with Gasteiger partial charge < -0.3 is 5.32 Å². The topological polar surface area (TPSA) is 12.0 Å². The third-order valence-electron chi connectivity index (χ3n) is 4.03. The number of rotatable bonds is 3. The summed E-state index contributed by atoms with van der Waals surface area (Å²) in [5, 5.41) is 3.52. The fourth-order valence-corrected chi connectivity index (χ4v) is 3.12. The quantitative estimate of drug-likeness (QED) is 0.732. The van der Waals surface area contributed by atoms with Crippen LogP contribution in [0.4, 0.5) is 0 Å². The summed E-state index contributed by atoms with van der Waals surface area (Å²) in [4.78, 5) is 0. The van der Waals surface area contributed by atoms with Crippen LogP contribution in [0.2, 0.25) is 0 Å². The van der Waals surface area contributed by atoms with Gasteiger partial charge in [-0.15, -0.1) is 0 Å². The van der Waals surface area contributed by atoms with Crippen molar-refractivity contribution in [2.24, 2.45) is 23.7 Å². The van der Waals surface area contributed by atoms with Crippen LogP contribution >= 0.6 is 0 Å². The van der Waals surface area contributed by atoms with Crippen LogP contribution in [0.1, 0.15) is 47.0 Å². The molecule has 1 aliphatic rings. The van der Waals surface area contributed by atoms with E-state index in [2.05, 4.69) is 40.1 Å². The first-order chi connectivity index (χ1) is 6.56. The molecular weight excluding hydrogens is 170 g/mol. The Morgan fingerprint density at radius 1 is 1.14 bits per heavy atom. The first-order valence-corrected chi connectivity index (χ1v) is 6.23. The third kappa shape index (κ3) is 2.73. The number of hydrogen-bond acceptors (Lipinski definition) is 1. The minimum Gasteiger partial charge on any atom is -0.316 e. The van der Waals surface area contributed by atoms with Gasteiger partial charge in [0.25, 0.3) is 0 Å². The second-order valence-electron chi connectivity index (χ2n) is 5.62. The van der Waals surface area contributed by atoms with Crippen molar-refractivity contribution in [3.63, 3.8) is 0 Å². The Morgan fingerprint density at radius 2 is 1.79 bits per heavy atom. The van der Waals surface area contributed by atoms with Gasteiger partial charge >= 0.3 is 0 Å². The molecule has 4 unspecified atom stereocenters. The summed E-state index contributed by atoms with van der Waals surface area (Å²) in [7, 11) is 2.12. The smallest absolute Gasteiger partial charge is 0.0118 e. The highest BCUT2D eigenvalue weighted by molar-refractivity contribution is 4.86. The first kappa shape index (κ1) is 12.0. The van der Waals surface area contributed by atoms with Crippen molar-refractivity contribution in [1.82, 2.24) is 5.32 Å². The Morgan fingerprint density at radius 3 is 2.29 bits per heavy atom. The maximum Gasteiger partial charge on any atom is 0.0118 e. The SMILES string of the molecule is CNC(C(C)C)C1CC(C)CCC1C. The van der Waals surface area contributed by atoms with Gasteiger partial charge in [0.05, 0.1) is 0 Å². The summed E-state index contributed by atoms with van der Waals surface area (Å²) in [6.45, 7) is 9.52. The fraction of sp³-hybridized carbons (Fsp3) is 1.00. The summed E-state index contributed by atoms with van der Waals surface area (Å²) < 4.78 is 0. The van der Waals surface area contributed by atoms with Gasteiger partial charge in [0, 0.05) is 6.04 Å². The van der Waals surface area contributed by atoms with Crippen LogP contribution in [-0.4, -0.2) is 13.1 Å². The van der Waals surface area contributed by atoms with Crippen LogP contribution < -0.4 is 5.32 Å². The zero-order chi connectivity index (χ0) is 10.7. The standard InChI is InChI=1S/C13H27N/c1-9(2)13(14-5)12-8-10(3)6-7-11(12)4/h9-14H,6-8H2,1-5H3. The van der Waals surface area contributed by atoms with E-state index < -0.39 is 0 Å². The maximum atomic E-state index is 3.52. The molecule has 0 bridgehead atoms. The van der Waals surface area contributed by atoms with E-state index in [1.165, 1.54) is 19.3 Å². The summed E-state index contributed by atoms with van der Waals surface area (Å²) in [5.41, 5.74) is 0. The molecule has 4 atom stereocenters. The molecular formula is C13H27N. The molecule has 14 heavy (non-hydrogen) atoms. The maximum absolute atomic E-state index is 3.52. The average molecular weight is 197 g/mol. The molecule has 0 amide bonds. The van der Waals surface area contributed by atoms with Gasteiger partial charge in [-0.1, -0.05) is 40.5 Å². The lowest BCUT2D eigenvalue weighted by Gasteiger charge is -2.39. The van der Waals surface area contributed by atoms with Gasteiger partial charge in [0.2, 0.25) is 0 Å². The fourth-order valence-electron chi connectivity index (χ4n) is 3.12. The summed E-state index contributed by atoms with van der Waals surface area (Å²) in [5.74, 6) is 3.50. The van der Waals surface area contributed by atoms with Crippen molar-refractivity contribution in [1.29, 1.82) is 0 Å². The van der Waals surface area contributed by atoms with Gasteiger partial charge in [0.15, 0.2) is 0 Å². The minimum atomic E-state index is 0.716. The molecule has 1 fully saturated rings. The van der Waals surface area contributed by atoms with Gasteiger partial charge in [-0.25, -0.2) is 0 Å². The molecule has 0 saturated heterocycles. The van der Waals surface area contributed by atoms with Crippen molar-refractivity contribution in [2.45, 2.75) is 53.0 Å². The van der Waals surface area contributed by atoms with Crippen LogP contribution in [0.3, 0.4) is 0 Å². The summed E-state index contributed by atoms with van der Waals surface area (Å²) in [6.07, 6.45) is 4.29. The molecule has 0 aromatic heterocycles. The zero-order valence-corrected chi connectivity index (χ0v) is 10.5. The van der Waals surface area contributed by atoms with Crippen molar-refractivity contribution in [3.8, 4) is 0 Å². The van der Waals surface area contributed by atoms with Gasteiger partial charge in [-0.2, -0.15) is 0 Å². The largest absolute Gasteiger partial charge is 0.316 e. The molecule has 1 rings (SSSR count). The molecule has 0 heterocycles. The van der Waals surface area contributed by atoms with E-state index in [0.29, 0.717) is 6.04 Å². The molecule has 1 heteroatoms. The van der Waals surface area contributed by atoms with Crippen LogP contribution in [-0.2, 0) is 0 Å². The minimum absolute atomic E-state index is 0.716. The average Bonchev–Trinajstić information content (AvgIpc) is 2.11. The molecule has 84 valence electrons. The number of nitrogens with one attached hydrogen (secondary N) is 1. The van der Waals surface area contributed by atoms with Crippen molar-refractivity contribution >= 4 is 0 Å². The highest BCUT2D eigenvalue weighted by Gasteiger charge is 2.32. The van der Waals surface area contributed by atoms with Crippen LogP contribution in [0, 0.1) is 23.7 Å². The van der Waals surface area contributed by atoms with E-state index in [1.807, 2.05) is 0 Å². The second kappa shape index (κ2) is 5.16. The van der Waals surface area contributed by atoms with E-state index in [0.717, 1.165) is 23.7 Å². The van der Waals surface area contributed by atoms with E-state index in [1.54, 1.807) is 0 Å². The molecule has 1 N–H and O–H groups in total. The van der Waals surface area contributed by atoms with Crippen molar-refractivity contribution in [3.05, 3.63) is 0 Å². The van der Waals surface area contributed by atoms with Crippen molar-refractivity contribution < 1.29 is 0 Å². The molecule has 0 spiro atoms. The Bertz CT molecular complexity index is 165. The molecule has 0 aromatic carbocycles. The Hall–Kier alpha value is -0.0400. The van der Waals surface area contributed by atoms with Gasteiger partial charge in [-0.3, -0.25) is 0 Å². The molecule has 1 aliphatic carbocycles. The molecule has 0 aromatic rings. The number of hydrogen-bond donors (Lipinski definition) is 1. The third-order valence-corrected chi connectivity index (χ3v) is 4.03. The molecule has 1 nitrogen and oxygen atoms in total. The highest BCUT2D eigenvalue weighted by Crippen LogP contribution is 2.37. The van der Waals surface area contributed by atoms with E-state index >= 15 is 0 Å². The second-order valence-corrected chi connectivity index (χ2v) is 5.62. The molecule has 0 radical (unpaired) electrons. The van der Waals surface area contributed by atoms with E-state index in [-0.39, 0.29) is 0 Å². The molecule has 0 aliphatic heterocycles. The van der Waals surface area contributed by atoms with E-state index in [4.69, 9.17) is 0 Å². The predicted octanol–water partition coefficient (Wildman–Crippen LogP) is 3.30. The lowest BCUT2D eigenvalue weighted by Crippen LogP contribution is -2.43. The molecule has 1 saturated carbocycles. The zero-order valence-electron chi connectivity index (χ0n) is 10.5. The van der Waals surface area contributed by atoms with Crippen LogP contribution in [0.15, 0.2) is 0 Å². The Kier molecular flexibility index (Phi) is 4.43. The van der Waals surface area contributed by atoms with Crippen LogP contribution in [0.5, 0.6) is 0 Å². The summed E-state index contributed by atoms with van der Waals surface area (Å²) in [6, 6.07) is 0.716. The Balaban J connectivity index is 2.62. The van der Waals surface area contributed by atoms with Crippen molar-refractivity contribution in [2.75, 3.05) is 7.05 Å². The Labute approximate surface area is 89.7 Å². The van der Waals surface area contributed by atoms with Gasteiger partial charge in [0.1, 0.15) is 0 Å². The predicted molar refractivity (Wildman–Crippen MR) is 63.4 cm³/mol. The van der Waals surface area contributed by atoms with Gasteiger partial charge in [-0.05, 0) is 37.1 Å². The first-order valence-electron chi connectivity index (χ1n) is 6.23. The van der Waals surface area contributed by atoms with E-state index in [9.17, 15) is 0 Å². The summed E-state index contributed by atoms with van der Waals surface area (Å²) >= 11 is 0. The lowest BCUT2D eigenvalue weighted by molar-refractivity contribution is 0.136. The van der Waals surface area contributed by atoms with Crippen LogP contribution in [0.25, 0.3) is 0 Å². The highest BCUT2D eigenvalue weighted by atomic mass is 14.9. The normalized spacial score (nSPS) is 36.0.